The summed E-state index contributed by atoms with van der Waals surface area (Å²) >= 11 is 0. The van der Waals surface area contributed by atoms with Gasteiger partial charge in [0.25, 0.3) is 0 Å². The van der Waals surface area contributed by atoms with Crippen LogP contribution in [0.3, 0.4) is 0 Å². The second-order valence-electron chi connectivity index (χ2n) is 4.41. The van der Waals surface area contributed by atoms with Crippen LogP contribution in [0.2, 0.25) is 0 Å². The summed E-state index contributed by atoms with van der Waals surface area (Å²) in [5, 5.41) is 8.85. The molecule has 0 bridgehead atoms. The normalized spacial score (nSPS) is 10.0. The minimum atomic E-state index is -0.271. The predicted molar refractivity (Wildman–Crippen MR) is 70.4 cm³/mol. The third-order valence-corrected chi connectivity index (χ3v) is 2.79. The van der Waals surface area contributed by atoms with Crippen LogP contribution in [0.25, 0.3) is 0 Å². The van der Waals surface area contributed by atoms with Crippen LogP contribution in [0.5, 0.6) is 0 Å². The molecule has 0 spiro atoms. The van der Waals surface area contributed by atoms with Crippen LogP contribution in [0.1, 0.15) is 25.0 Å². The summed E-state index contributed by atoms with van der Waals surface area (Å²) in [4.78, 5) is 13.4. The van der Waals surface area contributed by atoms with E-state index in [-0.39, 0.29) is 18.6 Å². The molecule has 96 valence electrons. The molecule has 1 aromatic carbocycles. The highest BCUT2D eigenvalue weighted by Crippen LogP contribution is 2.23. The van der Waals surface area contributed by atoms with E-state index < -0.39 is 0 Å². The molecule has 0 saturated heterocycles. The zero-order valence-electron chi connectivity index (χ0n) is 11.2. The molecular weight excluding hydrogens is 228 g/mol. The van der Waals surface area contributed by atoms with E-state index in [1.165, 1.54) is 7.11 Å². The molecular formula is C14H18N2O2. The van der Waals surface area contributed by atoms with E-state index in [0.717, 1.165) is 11.3 Å². The topological polar surface area (TPSA) is 53.3 Å². The molecule has 0 N–H and O–H groups in total. The van der Waals surface area contributed by atoms with Gasteiger partial charge in [-0.05, 0) is 44.5 Å². The molecule has 1 rings (SSSR count). The highest BCUT2D eigenvalue weighted by molar-refractivity contribution is 5.76. The van der Waals surface area contributed by atoms with E-state index in [2.05, 4.69) is 6.07 Å². The van der Waals surface area contributed by atoms with E-state index in [1.807, 2.05) is 37.8 Å². The summed E-state index contributed by atoms with van der Waals surface area (Å²) in [7, 11) is 1.38. The first-order valence-corrected chi connectivity index (χ1v) is 5.83. The van der Waals surface area contributed by atoms with E-state index in [9.17, 15) is 4.79 Å². The highest BCUT2D eigenvalue weighted by Gasteiger charge is 2.17. The number of benzene rings is 1. The maximum Gasteiger partial charge on any atom is 0.325 e. The fourth-order valence-corrected chi connectivity index (χ4v) is 1.80. The second kappa shape index (κ2) is 6.06. The number of methoxy groups -OCH3 is 1. The first-order valence-electron chi connectivity index (χ1n) is 5.83. The Hall–Kier alpha value is -2.02. The Balaban J connectivity index is 3.07. The van der Waals surface area contributed by atoms with Gasteiger partial charge in [0.05, 0.1) is 18.7 Å². The lowest BCUT2D eigenvalue weighted by Crippen LogP contribution is -2.36. The standard InChI is InChI=1S/C14H18N2O2/c1-10(2)16(9-14(17)18-4)13-6-5-12(8-15)7-11(13)3/h5-7,10H,9H2,1-4H3. The van der Waals surface area contributed by atoms with Crippen molar-refractivity contribution in [2.75, 3.05) is 18.6 Å². The zero-order chi connectivity index (χ0) is 13.7. The number of ether oxygens (including phenoxy) is 1. The summed E-state index contributed by atoms with van der Waals surface area (Å²) in [6.45, 7) is 6.17. The molecule has 18 heavy (non-hydrogen) atoms. The van der Waals surface area contributed by atoms with E-state index in [1.54, 1.807) is 6.07 Å². The van der Waals surface area contributed by atoms with Gasteiger partial charge in [0.2, 0.25) is 0 Å². The molecule has 4 heteroatoms. The van der Waals surface area contributed by atoms with Crippen molar-refractivity contribution in [1.29, 1.82) is 5.26 Å². The van der Waals surface area contributed by atoms with Crippen molar-refractivity contribution in [3.63, 3.8) is 0 Å². The van der Waals surface area contributed by atoms with Crippen LogP contribution >= 0.6 is 0 Å². The van der Waals surface area contributed by atoms with Gasteiger partial charge in [-0.3, -0.25) is 4.79 Å². The van der Waals surface area contributed by atoms with Crippen LogP contribution in [-0.2, 0) is 9.53 Å². The molecule has 0 radical (unpaired) electrons. The number of hydrogen-bond donors (Lipinski definition) is 0. The van der Waals surface area contributed by atoms with E-state index in [4.69, 9.17) is 10.00 Å². The molecule has 1 aromatic rings. The van der Waals surface area contributed by atoms with Crippen LogP contribution in [0, 0.1) is 18.3 Å². The number of rotatable bonds is 4. The number of nitriles is 1. The smallest absolute Gasteiger partial charge is 0.325 e. The Morgan fingerprint density at radius 1 is 1.50 bits per heavy atom. The number of hydrogen-bond acceptors (Lipinski definition) is 4. The molecule has 0 amide bonds. The minimum absolute atomic E-state index is 0.177. The van der Waals surface area contributed by atoms with Crippen molar-refractivity contribution in [2.24, 2.45) is 0 Å². The van der Waals surface area contributed by atoms with Gasteiger partial charge < -0.3 is 9.64 Å². The lowest BCUT2D eigenvalue weighted by atomic mass is 10.1. The Kier molecular flexibility index (Phi) is 4.73. The molecule has 0 aromatic heterocycles. The number of aryl methyl sites for hydroxylation is 1. The van der Waals surface area contributed by atoms with Crippen LogP contribution in [0.15, 0.2) is 18.2 Å². The largest absolute Gasteiger partial charge is 0.468 e. The minimum Gasteiger partial charge on any atom is -0.468 e. The summed E-state index contributed by atoms with van der Waals surface area (Å²) in [6.07, 6.45) is 0. The highest BCUT2D eigenvalue weighted by atomic mass is 16.5. The summed E-state index contributed by atoms with van der Waals surface area (Å²) in [6, 6.07) is 7.73. The lowest BCUT2D eigenvalue weighted by molar-refractivity contribution is -0.139. The molecule has 0 atom stereocenters. The Labute approximate surface area is 108 Å². The van der Waals surface area contributed by atoms with Crippen molar-refractivity contribution < 1.29 is 9.53 Å². The van der Waals surface area contributed by atoms with Crippen molar-refractivity contribution in [2.45, 2.75) is 26.8 Å². The van der Waals surface area contributed by atoms with E-state index >= 15 is 0 Å². The lowest BCUT2D eigenvalue weighted by Gasteiger charge is -2.29. The SMILES string of the molecule is COC(=O)CN(c1ccc(C#N)cc1C)C(C)C. The first kappa shape index (κ1) is 14.0. The maximum atomic E-state index is 11.4. The molecule has 0 heterocycles. The fourth-order valence-electron chi connectivity index (χ4n) is 1.80. The number of carbonyl (C=O) groups excluding carboxylic acids is 1. The number of anilines is 1. The van der Waals surface area contributed by atoms with Gasteiger partial charge in [-0.25, -0.2) is 0 Å². The average molecular weight is 246 g/mol. The third kappa shape index (κ3) is 3.24. The number of nitrogens with zero attached hydrogens (tertiary/aromatic N) is 2. The summed E-state index contributed by atoms with van der Waals surface area (Å²) in [5.41, 5.74) is 2.55. The van der Waals surface area contributed by atoms with Crippen molar-refractivity contribution in [3.8, 4) is 6.07 Å². The average Bonchev–Trinajstić information content (AvgIpc) is 2.35. The number of esters is 1. The van der Waals surface area contributed by atoms with Crippen LogP contribution in [-0.4, -0.2) is 25.7 Å². The zero-order valence-corrected chi connectivity index (χ0v) is 11.2. The summed E-state index contributed by atoms with van der Waals surface area (Å²) < 4.78 is 4.70. The monoisotopic (exact) mass is 246 g/mol. The van der Waals surface area contributed by atoms with Crippen LogP contribution < -0.4 is 4.90 Å². The van der Waals surface area contributed by atoms with Gasteiger partial charge in [0, 0.05) is 11.7 Å². The second-order valence-corrected chi connectivity index (χ2v) is 4.41. The molecule has 0 aliphatic rings. The summed E-state index contributed by atoms with van der Waals surface area (Å²) in [5.74, 6) is -0.271. The number of carbonyl (C=O) groups is 1. The third-order valence-electron chi connectivity index (χ3n) is 2.79. The molecule has 0 unspecified atom stereocenters. The quantitative estimate of drug-likeness (QED) is 0.765. The molecule has 0 aliphatic heterocycles. The fraction of sp³-hybridized carbons (Fsp3) is 0.429. The van der Waals surface area contributed by atoms with Gasteiger partial charge in [0.15, 0.2) is 0 Å². The van der Waals surface area contributed by atoms with Gasteiger partial charge >= 0.3 is 5.97 Å². The van der Waals surface area contributed by atoms with Gasteiger partial charge in [-0.2, -0.15) is 5.26 Å². The van der Waals surface area contributed by atoms with Crippen LogP contribution in [0.4, 0.5) is 5.69 Å². The maximum absolute atomic E-state index is 11.4. The first-order chi connectivity index (χ1) is 8.49. The van der Waals surface area contributed by atoms with Crippen molar-refractivity contribution >= 4 is 11.7 Å². The van der Waals surface area contributed by atoms with Crippen molar-refractivity contribution in [1.82, 2.24) is 0 Å². The van der Waals surface area contributed by atoms with E-state index in [0.29, 0.717) is 5.56 Å². The Morgan fingerprint density at radius 2 is 2.17 bits per heavy atom. The Bertz CT molecular complexity index is 475. The molecule has 0 saturated carbocycles. The molecule has 0 fully saturated rings. The molecule has 4 nitrogen and oxygen atoms in total. The predicted octanol–water partition coefficient (Wildman–Crippen LogP) is 2.25. The molecule has 0 aliphatic carbocycles. The van der Waals surface area contributed by atoms with Gasteiger partial charge in [-0.1, -0.05) is 0 Å². The van der Waals surface area contributed by atoms with Crippen molar-refractivity contribution in [3.05, 3.63) is 29.3 Å². The van der Waals surface area contributed by atoms with Gasteiger partial charge in [-0.15, -0.1) is 0 Å². The van der Waals surface area contributed by atoms with Gasteiger partial charge in [0.1, 0.15) is 6.54 Å². The Morgan fingerprint density at radius 3 is 2.61 bits per heavy atom.